The molecule has 1 N–H and O–H groups in total. The molecule has 3 aromatic rings. The first-order chi connectivity index (χ1) is 17.0. The van der Waals surface area contributed by atoms with Crippen molar-refractivity contribution in [2.45, 2.75) is 70.7 Å². The van der Waals surface area contributed by atoms with Crippen molar-refractivity contribution in [3.63, 3.8) is 0 Å². The second-order valence-electron chi connectivity index (χ2n) is 10.7. The lowest BCUT2D eigenvalue weighted by Gasteiger charge is -2.45. The molecule has 2 aromatic carbocycles. The Labute approximate surface area is 213 Å². The fourth-order valence-electron chi connectivity index (χ4n) is 5.12. The SMILES string of the molecule is CC(c1ccc(-c2ccn(C(C)C)c(=O)c2)cc1)N1CCC(CC(C)(C)O)(c2ccccc2)OC1=O. The molecule has 0 saturated carbocycles. The number of cyclic esters (lactones) is 1. The van der Waals surface area contributed by atoms with E-state index >= 15 is 0 Å². The minimum atomic E-state index is -0.991. The van der Waals surface area contributed by atoms with Crippen LogP contribution in [0.3, 0.4) is 0 Å². The summed E-state index contributed by atoms with van der Waals surface area (Å²) in [5, 5.41) is 10.6. The van der Waals surface area contributed by atoms with Crippen molar-refractivity contribution in [3.8, 4) is 11.1 Å². The highest BCUT2D eigenvalue weighted by Gasteiger charge is 2.46. The van der Waals surface area contributed by atoms with Gasteiger partial charge in [0.25, 0.3) is 5.56 Å². The van der Waals surface area contributed by atoms with E-state index in [9.17, 15) is 14.7 Å². The molecule has 1 aromatic heterocycles. The first-order valence-corrected chi connectivity index (χ1v) is 12.6. The van der Waals surface area contributed by atoms with Crippen LogP contribution >= 0.6 is 0 Å². The van der Waals surface area contributed by atoms with Gasteiger partial charge in [-0.25, -0.2) is 4.79 Å². The fourth-order valence-corrected chi connectivity index (χ4v) is 5.12. The lowest BCUT2D eigenvalue weighted by Crippen LogP contribution is -2.51. The molecule has 0 spiro atoms. The molecule has 0 bridgehead atoms. The number of aliphatic hydroxyl groups is 1. The average molecular weight is 489 g/mol. The van der Waals surface area contributed by atoms with Gasteiger partial charge >= 0.3 is 6.09 Å². The number of hydrogen-bond donors (Lipinski definition) is 1. The second kappa shape index (κ2) is 9.94. The summed E-state index contributed by atoms with van der Waals surface area (Å²) in [5.41, 5.74) is 1.82. The van der Waals surface area contributed by atoms with Crippen LogP contribution < -0.4 is 5.56 Å². The summed E-state index contributed by atoms with van der Waals surface area (Å²) in [6.45, 7) is 9.96. The van der Waals surface area contributed by atoms with Gasteiger partial charge in [-0.2, -0.15) is 0 Å². The van der Waals surface area contributed by atoms with E-state index in [0.29, 0.717) is 19.4 Å². The molecule has 0 aliphatic carbocycles. The number of rotatable bonds is 7. The minimum Gasteiger partial charge on any atom is -0.438 e. The largest absolute Gasteiger partial charge is 0.438 e. The standard InChI is InChI=1S/C30H36N2O4/c1-21(2)31-17-15-25(19-27(31)33)24-13-11-23(12-14-24)22(3)32-18-16-30(36-28(32)34,20-29(4,5)35)26-9-7-6-8-10-26/h6-15,17,19,21-22,35H,16,18,20H2,1-5H3. The second-order valence-corrected chi connectivity index (χ2v) is 10.7. The maximum absolute atomic E-state index is 13.3. The topological polar surface area (TPSA) is 71.8 Å². The van der Waals surface area contributed by atoms with Crippen molar-refractivity contribution in [3.05, 3.63) is 94.4 Å². The van der Waals surface area contributed by atoms with E-state index in [0.717, 1.165) is 22.3 Å². The Morgan fingerprint density at radius 2 is 1.64 bits per heavy atom. The van der Waals surface area contributed by atoms with Crippen LogP contribution in [0.1, 0.15) is 70.7 Å². The summed E-state index contributed by atoms with van der Waals surface area (Å²) in [4.78, 5) is 27.4. The third-order valence-corrected chi connectivity index (χ3v) is 6.99. The van der Waals surface area contributed by atoms with E-state index in [1.807, 2.05) is 87.6 Å². The van der Waals surface area contributed by atoms with Gasteiger partial charge in [-0.3, -0.25) is 4.79 Å². The van der Waals surface area contributed by atoms with E-state index in [4.69, 9.17) is 4.74 Å². The zero-order valence-corrected chi connectivity index (χ0v) is 21.8. The van der Waals surface area contributed by atoms with Crippen molar-refractivity contribution in [2.24, 2.45) is 0 Å². The lowest BCUT2D eigenvalue weighted by atomic mass is 9.80. The Morgan fingerprint density at radius 1 is 0.972 bits per heavy atom. The molecule has 190 valence electrons. The number of pyridine rings is 1. The quantitative estimate of drug-likeness (QED) is 0.439. The highest BCUT2D eigenvalue weighted by molar-refractivity contribution is 5.70. The Balaban J connectivity index is 1.53. The Bertz CT molecular complexity index is 1260. The minimum absolute atomic E-state index is 0.0241. The molecule has 1 fully saturated rings. The van der Waals surface area contributed by atoms with Gasteiger partial charge in [0.15, 0.2) is 0 Å². The molecule has 1 amide bonds. The summed E-state index contributed by atoms with van der Waals surface area (Å²) >= 11 is 0. The first kappa shape index (κ1) is 25.7. The summed E-state index contributed by atoms with van der Waals surface area (Å²) in [6, 6.07) is 21.2. The molecular weight excluding hydrogens is 452 g/mol. The highest BCUT2D eigenvalue weighted by atomic mass is 16.6. The third kappa shape index (κ3) is 5.39. The monoisotopic (exact) mass is 488 g/mol. The van der Waals surface area contributed by atoms with Gasteiger partial charge in [-0.15, -0.1) is 0 Å². The summed E-state index contributed by atoms with van der Waals surface area (Å²) < 4.78 is 7.82. The smallest absolute Gasteiger partial charge is 0.411 e. The van der Waals surface area contributed by atoms with Crippen molar-refractivity contribution >= 4 is 6.09 Å². The Morgan fingerprint density at radius 3 is 2.19 bits per heavy atom. The van der Waals surface area contributed by atoms with Crippen LogP contribution in [0, 0.1) is 0 Å². The van der Waals surface area contributed by atoms with Crippen LogP contribution in [0.5, 0.6) is 0 Å². The van der Waals surface area contributed by atoms with Gasteiger partial charge in [0.1, 0.15) is 5.60 Å². The van der Waals surface area contributed by atoms with Crippen LogP contribution in [0.4, 0.5) is 4.79 Å². The molecule has 6 nitrogen and oxygen atoms in total. The molecule has 2 atom stereocenters. The van der Waals surface area contributed by atoms with Crippen molar-refractivity contribution in [1.29, 1.82) is 0 Å². The third-order valence-electron chi connectivity index (χ3n) is 6.99. The van der Waals surface area contributed by atoms with Crippen molar-refractivity contribution < 1.29 is 14.6 Å². The Hall–Kier alpha value is -3.38. The van der Waals surface area contributed by atoms with E-state index < -0.39 is 11.2 Å². The number of hydrogen-bond acceptors (Lipinski definition) is 4. The summed E-state index contributed by atoms with van der Waals surface area (Å²) in [6.07, 6.45) is 2.35. The molecule has 4 rings (SSSR count). The van der Waals surface area contributed by atoms with E-state index in [1.54, 1.807) is 29.4 Å². The van der Waals surface area contributed by atoms with Gasteiger partial charge < -0.3 is 19.3 Å². The number of ether oxygens (including phenoxy) is 1. The predicted molar refractivity (Wildman–Crippen MR) is 142 cm³/mol. The molecular formula is C30H36N2O4. The first-order valence-electron chi connectivity index (χ1n) is 12.6. The molecule has 2 heterocycles. The van der Waals surface area contributed by atoms with Crippen LogP contribution in [0.25, 0.3) is 11.1 Å². The zero-order chi connectivity index (χ0) is 26.1. The number of amides is 1. The molecule has 6 heteroatoms. The average Bonchev–Trinajstić information content (AvgIpc) is 2.83. The molecule has 36 heavy (non-hydrogen) atoms. The molecule has 0 radical (unpaired) electrons. The number of carbonyl (C=O) groups is 1. The van der Waals surface area contributed by atoms with E-state index in [-0.39, 0.29) is 23.7 Å². The maximum Gasteiger partial charge on any atom is 0.411 e. The van der Waals surface area contributed by atoms with Gasteiger partial charge in [-0.1, -0.05) is 54.6 Å². The van der Waals surface area contributed by atoms with Crippen molar-refractivity contribution in [2.75, 3.05) is 6.54 Å². The van der Waals surface area contributed by atoms with E-state index in [2.05, 4.69) is 0 Å². The summed E-state index contributed by atoms with van der Waals surface area (Å²) in [5.74, 6) is 0. The fraction of sp³-hybridized carbons (Fsp3) is 0.400. The van der Waals surface area contributed by atoms with Gasteiger partial charge in [0, 0.05) is 37.7 Å². The number of carbonyl (C=O) groups excluding carboxylic acids is 1. The molecule has 1 aliphatic rings. The summed E-state index contributed by atoms with van der Waals surface area (Å²) in [7, 11) is 0. The molecule has 2 unspecified atom stereocenters. The normalized spacial score (nSPS) is 19.3. The highest BCUT2D eigenvalue weighted by Crippen LogP contribution is 2.42. The number of aromatic nitrogens is 1. The molecule has 1 aliphatic heterocycles. The zero-order valence-electron chi connectivity index (χ0n) is 21.8. The lowest BCUT2D eigenvalue weighted by molar-refractivity contribution is -0.101. The van der Waals surface area contributed by atoms with Gasteiger partial charge in [0.2, 0.25) is 0 Å². The van der Waals surface area contributed by atoms with Crippen LogP contribution in [-0.4, -0.2) is 32.8 Å². The van der Waals surface area contributed by atoms with Crippen LogP contribution in [-0.2, 0) is 10.3 Å². The predicted octanol–water partition coefficient (Wildman–Crippen LogP) is 6.06. The van der Waals surface area contributed by atoms with Crippen molar-refractivity contribution in [1.82, 2.24) is 9.47 Å². The van der Waals surface area contributed by atoms with Gasteiger partial charge in [0.05, 0.1) is 11.6 Å². The maximum atomic E-state index is 13.3. The van der Waals surface area contributed by atoms with E-state index in [1.165, 1.54) is 0 Å². The van der Waals surface area contributed by atoms with Crippen LogP contribution in [0.2, 0.25) is 0 Å². The number of benzene rings is 2. The Kier molecular flexibility index (Phi) is 7.10. The van der Waals surface area contributed by atoms with Crippen LogP contribution in [0.15, 0.2) is 77.7 Å². The van der Waals surface area contributed by atoms with Gasteiger partial charge in [-0.05, 0) is 62.9 Å². The number of nitrogens with zero attached hydrogens (tertiary/aromatic N) is 2. The molecule has 1 saturated heterocycles.